The second kappa shape index (κ2) is 3.59. The fourth-order valence-electron chi connectivity index (χ4n) is 2.48. The van der Waals surface area contributed by atoms with Gasteiger partial charge in [-0.25, -0.2) is 4.98 Å². The van der Waals surface area contributed by atoms with Gasteiger partial charge in [0.1, 0.15) is 5.82 Å². The summed E-state index contributed by atoms with van der Waals surface area (Å²) in [5.41, 5.74) is 4.50. The van der Waals surface area contributed by atoms with Gasteiger partial charge in [0.05, 0.1) is 29.0 Å². The molecule has 0 saturated heterocycles. The Labute approximate surface area is 113 Å². The molecular formula is C14H10BrN3. The quantitative estimate of drug-likeness (QED) is 0.686. The average Bonchev–Trinajstić information content (AvgIpc) is 2.77. The molecular weight excluding hydrogens is 290 g/mol. The zero-order chi connectivity index (χ0) is 12.1. The first-order valence-electron chi connectivity index (χ1n) is 5.83. The molecule has 0 atom stereocenters. The summed E-state index contributed by atoms with van der Waals surface area (Å²) in [6.45, 7) is 0.767. The van der Waals surface area contributed by atoms with Crippen molar-refractivity contribution in [1.82, 2.24) is 9.55 Å². The third-order valence-electron chi connectivity index (χ3n) is 3.27. The number of para-hydroxylation sites is 2. The Morgan fingerprint density at radius 2 is 2.06 bits per heavy atom. The Balaban J connectivity index is 2.12. The summed E-state index contributed by atoms with van der Waals surface area (Å²) in [5.74, 6) is 1.06. The highest BCUT2D eigenvalue weighted by Crippen LogP contribution is 2.32. The normalized spacial score (nSPS) is 12.9. The van der Waals surface area contributed by atoms with Gasteiger partial charge in [0.25, 0.3) is 0 Å². The van der Waals surface area contributed by atoms with E-state index < -0.39 is 0 Å². The second-order valence-corrected chi connectivity index (χ2v) is 5.28. The van der Waals surface area contributed by atoms with E-state index in [0.29, 0.717) is 0 Å². The van der Waals surface area contributed by atoms with Gasteiger partial charge >= 0.3 is 0 Å². The molecule has 4 rings (SSSR count). The maximum atomic E-state index is 4.67. The Bertz CT molecular complexity index is 761. The fourth-order valence-corrected chi connectivity index (χ4v) is 2.83. The molecule has 1 aliphatic rings. The van der Waals surface area contributed by atoms with E-state index in [2.05, 4.69) is 67.2 Å². The van der Waals surface area contributed by atoms with Crippen LogP contribution < -0.4 is 5.32 Å². The van der Waals surface area contributed by atoms with Gasteiger partial charge in [0.15, 0.2) is 0 Å². The molecule has 2 aromatic carbocycles. The maximum Gasteiger partial charge on any atom is 0.133 e. The molecule has 0 saturated carbocycles. The smallest absolute Gasteiger partial charge is 0.133 e. The molecule has 2 heterocycles. The minimum absolute atomic E-state index is 0.767. The van der Waals surface area contributed by atoms with E-state index in [4.69, 9.17) is 0 Å². The summed E-state index contributed by atoms with van der Waals surface area (Å²) in [4.78, 5) is 4.67. The summed E-state index contributed by atoms with van der Waals surface area (Å²) in [6.07, 6.45) is 0. The Kier molecular flexibility index (Phi) is 2.02. The van der Waals surface area contributed by atoms with Crippen molar-refractivity contribution < 1.29 is 0 Å². The predicted molar refractivity (Wildman–Crippen MR) is 76.1 cm³/mol. The van der Waals surface area contributed by atoms with Crippen LogP contribution in [0.1, 0.15) is 5.82 Å². The lowest BCUT2D eigenvalue weighted by Crippen LogP contribution is -2.15. The van der Waals surface area contributed by atoms with Gasteiger partial charge in [0.2, 0.25) is 0 Å². The van der Waals surface area contributed by atoms with E-state index in [-0.39, 0.29) is 0 Å². The summed E-state index contributed by atoms with van der Waals surface area (Å²) >= 11 is 3.53. The van der Waals surface area contributed by atoms with Gasteiger partial charge in [0, 0.05) is 4.47 Å². The number of nitrogens with zero attached hydrogens (tertiary/aromatic N) is 2. The van der Waals surface area contributed by atoms with Crippen LogP contribution in [0, 0.1) is 0 Å². The molecule has 1 aromatic heterocycles. The van der Waals surface area contributed by atoms with E-state index in [9.17, 15) is 0 Å². The number of hydrogen-bond donors (Lipinski definition) is 1. The third kappa shape index (κ3) is 1.32. The van der Waals surface area contributed by atoms with Crippen molar-refractivity contribution >= 4 is 32.7 Å². The van der Waals surface area contributed by atoms with E-state index in [1.165, 1.54) is 0 Å². The summed E-state index contributed by atoms with van der Waals surface area (Å²) < 4.78 is 3.31. The van der Waals surface area contributed by atoms with Crippen molar-refractivity contribution in [3.8, 4) is 5.69 Å². The Hall–Kier alpha value is -1.81. The summed E-state index contributed by atoms with van der Waals surface area (Å²) in [6, 6.07) is 14.5. The van der Waals surface area contributed by atoms with Crippen LogP contribution in [0.15, 0.2) is 46.9 Å². The lowest BCUT2D eigenvalue weighted by molar-refractivity contribution is 0.884. The largest absolute Gasteiger partial charge is 0.376 e. The van der Waals surface area contributed by atoms with Crippen LogP contribution in [-0.2, 0) is 6.54 Å². The van der Waals surface area contributed by atoms with Gasteiger partial charge in [-0.15, -0.1) is 0 Å². The number of aromatic nitrogens is 2. The van der Waals surface area contributed by atoms with Crippen LogP contribution in [0.4, 0.5) is 5.69 Å². The Morgan fingerprint density at radius 1 is 1.17 bits per heavy atom. The van der Waals surface area contributed by atoms with E-state index in [0.717, 1.165) is 39.3 Å². The third-order valence-corrected chi connectivity index (χ3v) is 3.76. The number of rotatable bonds is 0. The average molecular weight is 300 g/mol. The second-order valence-electron chi connectivity index (χ2n) is 4.37. The topological polar surface area (TPSA) is 29.9 Å². The SMILES string of the molecule is Brc1ccc2c(c1)-n1c(nc3ccccc31)CN2. The first-order valence-corrected chi connectivity index (χ1v) is 6.62. The molecule has 3 aromatic rings. The van der Waals surface area contributed by atoms with Gasteiger partial charge in [-0.05, 0) is 30.3 Å². The molecule has 0 unspecified atom stereocenters. The van der Waals surface area contributed by atoms with Crippen molar-refractivity contribution in [3.05, 3.63) is 52.8 Å². The predicted octanol–water partition coefficient (Wildman–Crippen LogP) is 3.71. The lowest BCUT2D eigenvalue weighted by atomic mass is 10.2. The minimum Gasteiger partial charge on any atom is -0.376 e. The van der Waals surface area contributed by atoms with Crippen molar-refractivity contribution in [2.24, 2.45) is 0 Å². The standard InChI is InChI=1S/C14H10BrN3/c15-9-5-6-10-13(7-9)18-12-4-2-1-3-11(12)17-14(18)8-16-10/h1-7,16H,8H2. The minimum atomic E-state index is 0.767. The lowest BCUT2D eigenvalue weighted by Gasteiger charge is -2.21. The molecule has 1 N–H and O–H groups in total. The van der Waals surface area contributed by atoms with Gasteiger partial charge in [-0.3, -0.25) is 4.57 Å². The number of nitrogens with one attached hydrogen (secondary N) is 1. The molecule has 88 valence electrons. The van der Waals surface area contributed by atoms with Gasteiger partial charge in [-0.2, -0.15) is 0 Å². The number of anilines is 1. The van der Waals surface area contributed by atoms with Crippen LogP contribution in [0.5, 0.6) is 0 Å². The van der Waals surface area contributed by atoms with E-state index in [1.807, 2.05) is 6.07 Å². The highest BCUT2D eigenvalue weighted by Gasteiger charge is 2.19. The molecule has 3 nitrogen and oxygen atoms in total. The summed E-state index contributed by atoms with van der Waals surface area (Å²) in [7, 11) is 0. The Morgan fingerprint density at radius 3 is 3.00 bits per heavy atom. The van der Waals surface area contributed by atoms with Crippen LogP contribution in [0.25, 0.3) is 16.7 Å². The van der Waals surface area contributed by atoms with Crippen molar-refractivity contribution in [2.75, 3.05) is 5.32 Å². The summed E-state index contributed by atoms with van der Waals surface area (Å²) in [5, 5.41) is 3.40. The maximum absolute atomic E-state index is 4.67. The van der Waals surface area contributed by atoms with E-state index >= 15 is 0 Å². The molecule has 0 spiro atoms. The van der Waals surface area contributed by atoms with Crippen LogP contribution in [-0.4, -0.2) is 9.55 Å². The molecule has 4 heteroatoms. The zero-order valence-corrected chi connectivity index (χ0v) is 11.1. The molecule has 0 fully saturated rings. The first kappa shape index (κ1) is 10.1. The van der Waals surface area contributed by atoms with Crippen molar-refractivity contribution in [1.29, 1.82) is 0 Å². The highest BCUT2D eigenvalue weighted by atomic mass is 79.9. The van der Waals surface area contributed by atoms with Gasteiger partial charge in [-0.1, -0.05) is 28.1 Å². The number of imidazole rings is 1. The molecule has 0 aliphatic carbocycles. The van der Waals surface area contributed by atoms with Crippen LogP contribution in [0.2, 0.25) is 0 Å². The van der Waals surface area contributed by atoms with Crippen molar-refractivity contribution in [3.63, 3.8) is 0 Å². The monoisotopic (exact) mass is 299 g/mol. The molecule has 18 heavy (non-hydrogen) atoms. The van der Waals surface area contributed by atoms with Crippen LogP contribution >= 0.6 is 15.9 Å². The highest BCUT2D eigenvalue weighted by molar-refractivity contribution is 9.10. The molecule has 1 aliphatic heterocycles. The zero-order valence-electron chi connectivity index (χ0n) is 9.52. The number of halogens is 1. The fraction of sp³-hybridized carbons (Fsp3) is 0.0714. The van der Waals surface area contributed by atoms with Crippen LogP contribution in [0.3, 0.4) is 0 Å². The number of hydrogen-bond acceptors (Lipinski definition) is 2. The first-order chi connectivity index (χ1) is 8.83. The van der Waals surface area contributed by atoms with Crippen molar-refractivity contribution in [2.45, 2.75) is 6.54 Å². The molecule has 0 radical (unpaired) electrons. The molecule has 0 amide bonds. The van der Waals surface area contributed by atoms with E-state index in [1.54, 1.807) is 0 Å². The van der Waals surface area contributed by atoms with Gasteiger partial charge < -0.3 is 5.32 Å². The molecule has 0 bridgehead atoms. The number of benzene rings is 2. The number of fused-ring (bicyclic) bond motifs is 5.